The fraction of sp³-hybridized carbons (Fsp3) is 0.611. The van der Waals surface area contributed by atoms with Crippen molar-refractivity contribution >= 4 is 15.9 Å². The second-order valence-electron chi connectivity index (χ2n) is 6.18. The van der Waals surface area contributed by atoms with Gasteiger partial charge in [-0.25, -0.2) is 8.42 Å². The molecular weight excluding hydrogens is 354 g/mol. The minimum Gasteiger partial charge on any atom is -0.379 e. The topological polar surface area (TPSA) is 79.0 Å². The van der Waals surface area contributed by atoms with Crippen LogP contribution in [-0.2, 0) is 14.8 Å². The highest BCUT2D eigenvalue weighted by molar-refractivity contribution is 7.89. The van der Waals surface area contributed by atoms with Gasteiger partial charge in [0.1, 0.15) is 0 Å². The number of nitrogens with zero attached hydrogens (tertiary/aromatic N) is 2. The summed E-state index contributed by atoms with van der Waals surface area (Å²) in [6.07, 6.45) is 0.886. The van der Waals surface area contributed by atoms with Crippen molar-refractivity contribution in [2.75, 3.05) is 52.5 Å². The molecule has 1 aliphatic heterocycles. The maximum Gasteiger partial charge on any atom is 0.251 e. The fourth-order valence-corrected chi connectivity index (χ4v) is 4.27. The van der Waals surface area contributed by atoms with E-state index in [0.29, 0.717) is 38.4 Å². The molecule has 1 aliphatic rings. The highest BCUT2D eigenvalue weighted by atomic mass is 32.2. The minimum atomic E-state index is -3.52. The molecule has 0 spiro atoms. The average molecular weight is 384 g/mol. The average Bonchev–Trinajstić information content (AvgIpc) is 2.68. The Kier molecular flexibility index (Phi) is 8.02. The van der Waals surface area contributed by atoms with E-state index in [2.05, 4.69) is 24.1 Å². The summed E-state index contributed by atoms with van der Waals surface area (Å²) in [7, 11) is -3.52. The molecule has 0 aliphatic carbocycles. The second-order valence-corrected chi connectivity index (χ2v) is 8.12. The van der Waals surface area contributed by atoms with Crippen LogP contribution in [0.3, 0.4) is 0 Å². The molecule has 0 saturated carbocycles. The van der Waals surface area contributed by atoms with Gasteiger partial charge in [-0.2, -0.15) is 4.31 Å². The summed E-state index contributed by atoms with van der Waals surface area (Å²) in [6, 6.07) is 6.12. The number of carbonyl (C=O) groups excluding carboxylic acids is 1. The van der Waals surface area contributed by atoms with E-state index in [0.717, 1.165) is 26.1 Å². The van der Waals surface area contributed by atoms with Crippen LogP contribution in [0, 0.1) is 0 Å². The van der Waals surface area contributed by atoms with E-state index in [4.69, 9.17) is 4.74 Å². The Morgan fingerprint density at radius 2 is 1.77 bits per heavy atom. The van der Waals surface area contributed by atoms with E-state index in [1.807, 2.05) is 0 Å². The molecule has 7 nitrogen and oxygen atoms in total. The predicted octanol–water partition coefficient (Wildman–Crippen LogP) is 1.17. The first-order valence-electron chi connectivity index (χ1n) is 9.17. The van der Waals surface area contributed by atoms with E-state index in [9.17, 15) is 13.2 Å². The van der Waals surface area contributed by atoms with Crippen LogP contribution >= 0.6 is 0 Å². The SMILES string of the molecule is CCN(CC)CCCNC(=O)c1ccc(S(=O)(=O)N2CCOCC2)cc1. The summed E-state index contributed by atoms with van der Waals surface area (Å²) in [4.78, 5) is 14.7. The van der Waals surface area contributed by atoms with Gasteiger partial charge in [0.05, 0.1) is 18.1 Å². The Bertz CT molecular complexity index is 666. The number of morpholine rings is 1. The summed E-state index contributed by atoms with van der Waals surface area (Å²) >= 11 is 0. The molecule has 0 bridgehead atoms. The number of amides is 1. The number of nitrogens with one attached hydrogen (secondary N) is 1. The number of benzene rings is 1. The van der Waals surface area contributed by atoms with Crippen molar-refractivity contribution in [3.63, 3.8) is 0 Å². The Morgan fingerprint density at radius 1 is 1.15 bits per heavy atom. The lowest BCUT2D eigenvalue weighted by atomic mass is 10.2. The van der Waals surface area contributed by atoms with Crippen LogP contribution < -0.4 is 5.32 Å². The van der Waals surface area contributed by atoms with Gasteiger partial charge in [0.25, 0.3) is 5.91 Å². The first-order chi connectivity index (χ1) is 12.5. The summed E-state index contributed by atoms with van der Waals surface area (Å²) in [5.74, 6) is -0.181. The molecule has 1 N–H and O–H groups in total. The molecule has 8 heteroatoms. The van der Waals surface area contributed by atoms with Gasteiger partial charge in [0.15, 0.2) is 0 Å². The second kappa shape index (κ2) is 10.0. The monoisotopic (exact) mass is 383 g/mol. The van der Waals surface area contributed by atoms with Crippen molar-refractivity contribution in [1.29, 1.82) is 0 Å². The predicted molar refractivity (Wildman–Crippen MR) is 101 cm³/mol. The van der Waals surface area contributed by atoms with E-state index in [1.54, 1.807) is 12.1 Å². The number of ether oxygens (including phenoxy) is 1. The zero-order valence-corrected chi connectivity index (χ0v) is 16.4. The molecule has 1 aromatic carbocycles. The van der Waals surface area contributed by atoms with Crippen molar-refractivity contribution in [2.24, 2.45) is 0 Å². The lowest BCUT2D eigenvalue weighted by Crippen LogP contribution is -2.40. The molecule has 0 radical (unpaired) electrons. The fourth-order valence-electron chi connectivity index (χ4n) is 2.86. The molecule has 1 amide bonds. The van der Waals surface area contributed by atoms with Gasteiger partial charge in [-0.3, -0.25) is 4.79 Å². The third-order valence-electron chi connectivity index (χ3n) is 4.56. The zero-order valence-electron chi connectivity index (χ0n) is 15.6. The van der Waals surface area contributed by atoms with Gasteiger partial charge >= 0.3 is 0 Å². The maximum atomic E-state index is 12.6. The van der Waals surface area contributed by atoms with Gasteiger partial charge < -0.3 is 15.0 Å². The molecule has 0 atom stereocenters. The van der Waals surface area contributed by atoms with Gasteiger partial charge in [-0.1, -0.05) is 13.8 Å². The number of sulfonamides is 1. The molecule has 1 heterocycles. The van der Waals surface area contributed by atoms with Crippen LogP contribution in [0.1, 0.15) is 30.6 Å². The standard InChI is InChI=1S/C18H29N3O4S/c1-3-20(4-2)11-5-10-19-18(22)16-6-8-17(9-7-16)26(23,24)21-12-14-25-15-13-21/h6-9H,3-5,10-15H2,1-2H3,(H,19,22). The first-order valence-corrected chi connectivity index (χ1v) is 10.6. The highest BCUT2D eigenvalue weighted by Crippen LogP contribution is 2.17. The smallest absolute Gasteiger partial charge is 0.251 e. The third-order valence-corrected chi connectivity index (χ3v) is 6.47. The third kappa shape index (κ3) is 5.51. The van der Waals surface area contributed by atoms with E-state index in [-0.39, 0.29) is 10.8 Å². The number of hydrogen-bond acceptors (Lipinski definition) is 5. The van der Waals surface area contributed by atoms with E-state index < -0.39 is 10.0 Å². The molecule has 1 aromatic rings. The van der Waals surface area contributed by atoms with Gasteiger partial charge in [-0.15, -0.1) is 0 Å². The summed E-state index contributed by atoms with van der Waals surface area (Å²) in [6.45, 7) is 9.33. The molecular formula is C18H29N3O4S. The van der Waals surface area contributed by atoms with Gasteiger partial charge in [0.2, 0.25) is 10.0 Å². The van der Waals surface area contributed by atoms with Crippen LogP contribution in [0.25, 0.3) is 0 Å². The Balaban J connectivity index is 1.89. The van der Waals surface area contributed by atoms with Gasteiger partial charge in [-0.05, 0) is 50.3 Å². The van der Waals surface area contributed by atoms with Crippen molar-refractivity contribution < 1.29 is 17.9 Å². The van der Waals surface area contributed by atoms with Crippen molar-refractivity contribution in [1.82, 2.24) is 14.5 Å². The first kappa shape index (κ1) is 20.8. The maximum absolute atomic E-state index is 12.6. The number of hydrogen-bond donors (Lipinski definition) is 1. The Hall–Kier alpha value is -1.48. The quantitative estimate of drug-likeness (QED) is 0.648. The number of carbonyl (C=O) groups is 1. The molecule has 2 rings (SSSR count). The normalized spacial score (nSPS) is 16.0. The Morgan fingerprint density at radius 3 is 2.35 bits per heavy atom. The minimum absolute atomic E-state index is 0.181. The van der Waals surface area contributed by atoms with Crippen molar-refractivity contribution in [3.05, 3.63) is 29.8 Å². The van der Waals surface area contributed by atoms with E-state index in [1.165, 1.54) is 16.4 Å². The lowest BCUT2D eigenvalue weighted by molar-refractivity contribution is 0.0730. The molecule has 1 saturated heterocycles. The zero-order chi connectivity index (χ0) is 19.0. The largest absolute Gasteiger partial charge is 0.379 e. The van der Waals surface area contributed by atoms with E-state index >= 15 is 0 Å². The van der Waals surface area contributed by atoms with Crippen LogP contribution in [0.4, 0.5) is 0 Å². The van der Waals surface area contributed by atoms with Crippen LogP contribution in [0.2, 0.25) is 0 Å². The molecule has 1 fully saturated rings. The molecule has 146 valence electrons. The van der Waals surface area contributed by atoms with Crippen LogP contribution in [-0.4, -0.2) is 76.0 Å². The summed E-state index contributed by atoms with van der Waals surface area (Å²) in [5.41, 5.74) is 0.466. The van der Waals surface area contributed by atoms with Crippen molar-refractivity contribution in [2.45, 2.75) is 25.2 Å². The molecule has 26 heavy (non-hydrogen) atoms. The van der Waals surface area contributed by atoms with Crippen LogP contribution in [0.15, 0.2) is 29.2 Å². The van der Waals surface area contributed by atoms with Gasteiger partial charge in [0, 0.05) is 25.2 Å². The summed E-state index contributed by atoms with van der Waals surface area (Å²) < 4.78 is 31.7. The molecule has 0 unspecified atom stereocenters. The van der Waals surface area contributed by atoms with Crippen LogP contribution in [0.5, 0.6) is 0 Å². The number of rotatable bonds is 9. The van der Waals surface area contributed by atoms with Crippen molar-refractivity contribution in [3.8, 4) is 0 Å². The highest BCUT2D eigenvalue weighted by Gasteiger charge is 2.26. The summed E-state index contributed by atoms with van der Waals surface area (Å²) in [5, 5.41) is 2.88. The lowest BCUT2D eigenvalue weighted by Gasteiger charge is -2.26. The Labute approximate surface area is 156 Å². The molecule has 0 aromatic heterocycles.